The molecule has 0 bridgehead atoms. The van der Waals surface area contributed by atoms with E-state index in [4.69, 9.17) is 5.73 Å². The SMILES string of the molecule is CC1CCCCC1CNS(=O)(=O)c1ccc(CN)cc1. The second kappa shape index (κ2) is 6.70. The highest BCUT2D eigenvalue weighted by Gasteiger charge is 2.23. The highest BCUT2D eigenvalue weighted by atomic mass is 32.2. The second-order valence-electron chi connectivity index (χ2n) is 5.72. The number of hydrogen-bond donors (Lipinski definition) is 2. The molecule has 1 aliphatic rings. The van der Waals surface area contributed by atoms with Crippen LogP contribution in [0.2, 0.25) is 0 Å². The molecule has 2 atom stereocenters. The van der Waals surface area contributed by atoms with Gasteiger partial charge in [0, 0.05) is 13.1 Å². The third-order valence-electron chi connectivity index (χ3n) is 4.29. The first-order valence-electron chi connectivity index (χ1n) is 7.31. The van der Waals surface area contributed by atoms with Crippen molar-refractivity contribution >= 4 is 10.0 Å². The second-order valence-corrected chi connectivity index (χ2v) is 7.49. The molecule has 3 N–H and O–H groups in total. The van der Waals surface area contributed by atoms with Crippen molar-refractivity contribution in [3.05, 3.63) is 29.8 Å². The third-order valence-corrected chi connectivity index (χ3v) is 5.73. The van der Waals surface area contributed by atoms with Gasteiger partial charge in [0.15, 0.2) is 0 Å². The van der Waals surface area contributed by atoms with E-state index >= 15 is 0 Å². The zero-order valence-corrected chi connectivity index (χ0v) is 12.8. The van der Waals surface area contributed by atoms with E-state index < -0.39 is 10.0 Å². The van der Waals surface area contributed by atoms with Crippen LogP contribution in [0.5, 0.6) is 0 Å². The van der Waals surface area contributed by atoms with Crippen LogP contribution in [0.4, 0.5) is 0 Å². The third kappa shape index (κ3) is 3.81. The predicted octanol–water partition coefficient (Wildman–Crippen LogP) is 2.25. The number of nitrogens with two attached hydrogens (primary N) is 1. The topological polar surface area (TPSA) is 72.2 Å². The smallest absolute Gasteiger partial charge is 0.240 e. The van der Waals surface area contributed by atoms with Gasteiger partial charge >= 0.3 is 0 Å². The Balaban J connectivity index is 1.99. The summed E-state index contributed by atoms with van der Waals surface area (Å²) < 4.78 is 27.2. The molecule has 0 spiro atoms. The Kier molecular flexibility index (Phi) is 5.18. The van der Waals surface area contributed by atoms with Crippen molar-refractivity contribution < 1.29 is 8.42 Å². The molecule has 1 saturated carbocycles. The molecule has 0 amide bonds. The number of nitrogens with one attached hydrogen (secondary N) is 1. The normalized spacial score (nSPS) is 23.7. The van der Waals surface area contributed by atoms with Crippen LogP contribution in [0.25, 0.3) is 0 Å². The summed E-state index contributed by atoms with van der Waals surface area (Å²) in [5.41, 5.74) is 6.45. The van der Waals surface area contributed by atoms with E-state index in [1.807, 2.05) is 0 Å². The van der Waals surface area contributed by atoms with Crippen LogP contribution in [0.1, 0.15) is 38.2 Å². The summed E-state index contributed by atoms with van der Waals surface area (Å²) in [6, 6.07) is 6.76. The molecular formula is C15H24N2O2S. The number of benzene rings is 1. The molecule has 0 radical (unpaired) electrons. The molecule has 2 rings (SSSR count). The predicted molar refractivity (Wildman–Crippen MR) is 80.6 cm³/mol. The highest BCUT2D eigenvalue weighted by Crippen LogP contribution is 2.29. The summed E-state index contributed by atoms with van der Waals surface area (Å²) in [5.74, 6) is 1.06. The molecule has 112 valence electrons. The first-order chi connectivity index (χ1) is 9.53. The molecule has 5 heteroatoms. The molecule has 1 aromatic carbocycles. The summed E-state index contributed by atoms with van der Waals surface area (Å²) in [7, 11) is -3.40. The minimum Gasteiger partial charge on any atom is -0.326 e. The van der Waals surface area contributed by atoms with Crippen molar-refractivity contribution in [2.24, 2.45) is 17.6 Å². The van der Waals surface area contributed by atoms with Gasteiger partial charge < -0.3 is 5.73 Å². The van der Waals surface area contributed by atoms with Gasteiger partial charge in [-0.15, -0.1) is 0 Å². The Morgan fingerprint density at radius 3 is 2.45 bits per heavy atom. The van der Waals surface area contributed by atoms with Crippen molar-refractivity contribution in [1.82, 2.24) is 4.72 Å². The Hall–Kier alpha value is -0.910. The molecular weight excluding hydrogens is 272 g/mol. The maximum atomic E-state index is 12.2. The van der Waals surface area contributed by atoms with Crippen LogP contribution < -0.4 is 10.5 Å². The summed E-state index contributed by atoms with van der Waals surface area (Å²) in [5, 5.41) is 0. The molecule has 0 saturated heterocycles. The van der Waals surface area contributed by atoms with E-state index in [9.17, 15) is 8.42 Å². The fourth-order valence-electron chi connectivity index (χ4n) is 2.80. The Morgan fingerprint density at radius 2 is 1.85 bits per heavy atom. The van der Waals surface area contributed by atoms with Crippen molar-refractivity contribution in [2.75, 3.05) is 6.54 Å². The number of sulfonamides is 1. The van der Waals surface area contributed by atoms with Crippen LogP contribution in [-0.2, 0) is 16.6 Å². The average Bonchev–Trinajstić information content (AvgIpc) is 2.46. The van der Waals surface area contributed by atoms with E-state index in [0.717, 1.165) is 12.0 Å². The first-order valence-corrected chi connectivity index (χ1v) is 8.80. The van der Waals surface area contributed by atoms with Crippen LogP contribution in [0.3, 0.4) is 0 Å². The summed E-state index contributed by atoms with van der Waals surface area (Å²) >= 11 is 0. The van der Waals surface area contributed by atoms with Crippen LogP contribution in [-0.4, -0.2) is 15.0 Å². The van der Waals surface area contributed by atoms with E-state index in [-0.39, 0.29) is 0 Å². The number of hydrogen-bond acceptors (Lipinski definition) is 3. The summed E-state index contributed by atoms with van der Waals surface area (Å²) in [6.45, 7) is 3.18. The molecule has 0 heterocycles. The zero-order valence-electron chi connectivity index (χ0n) is 12.0. The molecule has 0 aliphatic heterocycles. The first kappa shape index (κ1) is 15.5. The number of rotatable bonds is 5. The minimum atomic E-state index is -3.40. The fraction of sp³-hybridized carbons (Fsp3) is 0.600. The van der Waals surface area contributed by atoms with Crippen LogP contribution in [0, 0.1) is 11.8 Å². The van der Waals surface area contributed by atoms with Gasteiger partial charge in [-0.3, -0.25) is 0 Å². The molecule has 0 aromatic heterocycles. The quantitative estimate of drug-likeness (QED) is 0.875. The van der Waals surface area contributed by atoms with Gasteiger partial charge in [-0.1, -0.05) is 38.3 Å². The Morgan fingerprint density at radius 1 is 1.20 bits per heavy atom. The lowest BCUT2D eigenvalue weighted by Crippen LogP contribution is -2.33. The lowest BCUT2D eigenvalue weighted by molar-refractivity contribution is 0.257. The maximum absolute atomic E-state index is 12.2. The summed E-state index contributed by atoms with van der Waals surface area (Å²) in [4.78, 5) is 0.318. The molecule has 1 aliphatic carbocycles. The largest absolute Gasteiger partial charge is 0.326 e. The van der Waals surface area contributed by atoms with E-state index in [1.165, 1.54) is 19.3 Å². The van der Waals surface area contributed by atoms with Crippen LogP contribution >= 0.6 is 0 Å². The maximum Gasteiger partial charge on any atom is 0.240 e. The van der Waals surface area contributed by atoms with Crippen molar-refractivity contribution in [1.29, 1.82) is 0 Å². The zero-order chi connectivity index (χ0) is 14.6. The van der Waals surface area contributed by atoms with Crippen molar-refractivity contribution in [2.45, 2.75) is 44.0 Å². The molecule has 4 nitrogen and oxygen atoms in total. The van der Waals surface area contributed by atoms with Gasteiger partial charge in [-0.2, -0.15) is 0 Å². The molecule has 20 heavy (non-hydrogen) atoms. The average molecular weight is 296 g/mol. The fourth-order valence-corrected chi connectivity index (χ4v) is 3.90. The molecule has 1 fully saturated rings. The highest BCUT2D eigenvalue weighted by molar-refractivity contribution is 7.89. The lowest BCUT2D eigenvalue weighted by Gasteiger charge is -2.28. The Bertz CT molecular complexity index is 525. The van der Waals surface area contributed by atoms with Gasteiger partial charge in [-0.05, 0) is 36.0 Å². The minimum absolute atomic E-state index is 0.318. The van der Waals surface area contributed by atoms with Crippen molar-refractivity contribution in [3.8, 4) is 0 Å². The monoisotopic (exact) mass is 296 g/mol. The standard InChI is InChI=1S/C15H24N2O2S/c1-12-4-2-3-5-14(12)11-17-20(18,19)15-8-6-13(10-16)7-9-15/h6-9,12,14,17H,2-5,10-11,16H2,1H3. The van der Waals surface area contributed by atoms with Crippen molar-refractivity contribution in [3.63, 3.8) is 0 Å². The van der Waals surface area contributed by atoms with Gasteiger partial charge in [0.05, 0.1) is 4.90 Å². The summed E-state index contributed by atoms with van der Waals surface area (Å²) in [6.07, 6.45) is 4.81. The Labute approximate surface area is 121 Å². The van der Waals surface area contributed by atoms with Crippen LogP contribution in [0.15, 0.2) is 29.2 Å². The molecule has 1 aromatic rings. The van der Waals surface area contributed by atoms with Gasteiger partial charge in [0.1, 0.15) is 0 Å². The van der Waals surface area contributed by atoms with Gasteiger partial charge in [0.25, 0.3) is 0 Å². The van der Waals surface area contributed by atoms with Gasteiger partial charge in [0.2, 0.25) is 10.0 Å². The van der Waals surface area contributed by atoms with Gasteiger partial charge in [-0.25, -0.2) is 13.1 Å². The molecule has 2 unspecified atom stereocenters. The lowest BCUT2D eigenvalue weighted by atomic mass is 9.81. The van der Waals surface area contributed by atoms with E-state index in [0.29, 0.717) is 29.8 Å². The van der Waals surface area contributed by atoms with E-state index in [2.05, 4.69) is 11.6 Å². The van der Waals surface area contributed by atoms with E-state index in [1.54, 1.807) is 24.3 Å².